The maximum absolute atomic E-state index is 12.7. The lowest BCUT2D eigenvalue weighted by atomic mass is 10.1. The number of thiazole rings is 1. The zero-order valence-electron chi connectivity index (χ0n) is 11.4. The summed E-state index contributed by atoms with van der Waals surface area (Å²) in [7, 11) is 1.63. The van der Waals surface area contributed by atoms with Crippen molar-refractivity contribution >= 4 is 44.3 Å². The Kier molecular flexibility index (Phi) is 3.54. The molecule has 0 spiro atoms. The second-order valence-electron chi connectivity index (χ2n) is 4.80. The molecule has 2 heterocycles. The van der Waals surface area contributed by atoms with E-state index in [9.17, 15) is 9.59 Å². The zero-order valence-corrected chi connectivity index (χ0v) is 13.8. The molecule has 108 valence electrons. The van der Waals surface area contributed by atoms with Crippen LogP contribution in [-0.2, 0) is 4.79 Å². The first kappa shape index (κ1) is 14.2. The molecule has 0 N–H and O–H groups in total. The minimum absolute atomic E-state index is 0.269. The fraction of sp³-hybridized carbons (Fsp3) is 0.214. The lowest BCUT2D eigenvalue weighted by Gasteiger charge is -2.16. The normalized spacial score (nSPS) is 18.7. The van der Waals surface area contributed by atoms with Crippen molar-refractivity contribution in [3.05, 3.63) is 45.4 Å². The number of hydrogen-bond donors (Lipinski definition) is 0. The Balaban J connectivity index is 2.01. The Morgan fingerprint density at radius 1 is 1.33 bits per heavy atom. The molecule has 0 radical (unpaired) electrons. The van der Waals surface area contributed by atoms with Crippen LogP contribution in [0.15, 0.2) is 34.1 Å². The summed E-state index contributed by atoms with van der Waals surface area (Å²) in [6, 6.07) is 6.46. The molecule has 1 fully saturated rings. The van der Waals surface area contributed by atoms with Gasteiger partial charge in [0.05, 0.1) is 5.69 Å². The molecule has 1 atom stereocenters. The molecule has 1 saturated heterocycles. The van der Waals surface area contributed by atoms with Crippen molar-refractivity contribution in [3.63, 3.8) is 0 Å². The second kappa shape index (κ2) is 5.23. The molecule has 7 heteroatoms. The smallest absolute Gasteiger partial charge is 0.311 e. The van der Waals surface area contributed by atoms with Crippen LogP contribution >= 0.6 is 27.3 Å². The number of aromatic nitrogens is 1. The van der Waals surface area contributed by atoms with Crippen LogP contribution in [0, 0.1) is 6.92 Å². The van der Waals surface area contributed by atoms with Crippen molar-refractivity contribution in [2.75, 3.05) is 11.9 Å². The van der Waals surface area contributed by atoms with Gasteiger partial charge in [-0.05, 0) is 24.6 Å². The van der Waals surface area contributed by atoms with Crippen molar-refractivity contribution in [2.24, 2.45) is 0 Å². The van der Waals surface area contributed by atoms with Crippen molar-refractivity contribution < 1.29 is 9.59 Å². The van der Waals surface area contributed by atoms with Gasteiger partial charge in [-0.25, -0.2) is 14.7 Å². The number of carbonyl (C=O) groups excluding carboxylic acids is 2. The lowest BCUT2D eigenvalue weighted by molar-refractivity contribution is -0.119. The highest BCUT2D eigenvalue weighted by Crippen LogP contribution is 2.35. The summed E-state index contributed by atoms with van der Waals surface area (Å²) >= 11 is 4.68. The number of imide groups is 1. The Morgan fingerprint density at radius 3 is 2.71 bits per heavy atom. The molecule has 1 aromatic heterocycles. The van der Waals surface area contributed by atoms with E-state index in [-0.39, 0.29) is 11.9 Å². The molecule has 21 heavy (non-hydrogen) atoms. The highest BCUT2D eigenvalue weighted by atomic mass is 79.9. The van der Waals surface area contributed by atoms with Gasteiger partial charge in [-0.2, -0.15) is 0 Å². The first-order valence-electron chi connectivity index (χ1n) is 6.27. The molecular weight excluding hydrogens is 354 g/mol. The Labute approximate surface area is 134 Å². The minimum Gasteiger partial charge on any atom is -0.311 e. The summed E-state index contributed by atoms with van der Waals surface area (Å²) in [4.78, 5) is 31.9. The van der Waals surface area contributed by atoms with E-state index in [1.54, 1.807) is 7.05 Å². The summed E-state index contributed by atoms with van der Waals surface area (Å²) < 4.78 is 0.872. The number of rotatable bonds is 2. The van der Waals surface area contributed by atoms with E-state index in [1.807, 2.05) is 36.6 Å². The number of amides is 3. The van der Waals surface area contributed by atoms with Crippen molar-refractivity contribution in [1.82, 2.24) is 9.88 Å². The third-order valence-electron chi connectivity index (χ3n) is 3.30. The number of urea groups is 1. The highest BCUT2D eigenvalue weighted by molar-refractivity contribution is 9.10. The fourth-order valence-corrected chi connectivity index (χ4v) is 3.53. The number of nitrogens with zero attached hydrogens (tertiary/aromatic N) is 3. The SMILES string of the molecule is Cc1csc(N2C(=O)C(c3cccc(Br)c3)N(C)C2=O)n1. The molecule has 1 aliphatic rings. The van der Waals surface area contributed by atoms with E-state index in [2.05, 4.69) is 20.9 Å². The fourth-order valence-electron chi connectivity index (χ4n) is 2.31. The average Bonchev–Trinajstić information content (AvgIpc) is 2.93. The molecule has 1 aromatic carbocycles. The van der Waals surface area contributed by atoms with E-state index in [0.717, 1.165) is 20.6 Å². The van der Waals surface area contributed by atoms with Gasteiger partial charge in [0.25, 0.3) is 5.91 Å². The first-order chi connectivity index (χ1) is 9.99. The average molecular weight is 366 g/mol. The monoisotopic (exact) mass is 365 g/mol. The van der Waals surface area contributed by atoms with Gasteiger partial charge in [0.15, 0.2) is 0 Å². The number of likely N-dealkylation sites (N-methyl/N-ethyl adjacent to an activating group) is 1. The van der Waals surface area contributed by atoms with E-state index in [4.69, 9.17) is 0 Å². The van der Waals surface area contributed by atoms with Crippen LogP contribution in [0.3, 0.4) is 0 Å². The number of aryl methyl sites for hydroxylation is 1. The predicted molar refractivity (Wildman–Crippen MR) is 84.4 cm³/mol. The number of benzene rings is 1. The molecule has 0 saturated carbocycles. The van der Waals surface area contributed by atoms with Crippen LogP contribution in [0.2, 0.25) is 0 Å². The quantitative estimate of drug-likeness (QED) is 0.766. The molecule has 1 unspecified atom stereocenters. The largest absolute Gasteiger partial charge is 0.334 e. The van der Waals surface area contributed by atoms with E-state index in [0.29, 0.717) is 5.13 Å². The van der Waals surface area contributed by atoms with E-state index < -0.39 is 6.04 Å². The van der Waals surface area contributed by atoms with Crippen LogP contribution in [0.5, 0.6) is 0 Å². The predicted octanol–water partition coefficient (Wildman–Crippen LogP) is 3.35. The number of carbonyl (C=O) groups is 2. The Bertz CT molecular complexity index is 731. The summed E-state index contributed by atoms with van der Waals surface area (Å²) in [5, 5.41) is 2.24. The molecule has 2 aromatic rings. The minimum atomic E-state index is -0.612. The number of anilines is 1. The number of hydrogen-bond acceptors (Lipinski definition) is 4. The van der Waals surface area contributed by atoms with Gasteiger partial charge in [0.2, 0.25) is 5.13 Å². The first-order valence-corrected chi connectivity index (χ1v) is 7.94. The van der Waals surface area contributed by atoms with Gasteiger partial charge in [-0.15, -0.1) is 11.3 Å². The molecule has 0 aliphatic carbocycles. The van der Waals surface area contributed by atoms with Crippen LogP contribution in [0.1, 0.15) is 17.3 Å². The molecule has 5 nitrogen and oxygen atoms in total. The summed E-state index contributed by atoms with van der Waals surface area (Å²) in [5.41, 5.74) is 1.57. The standard InChI is InChI=1S/C14H12BrN3O2S/c1-8-7-21-13(16-8)18-12(19)11(17(2)14(18)20)9-4-3-5-10(15)6-9/h3-7,11H,1-2H3. The topological polar surface area (TPSA) is 53.5 Å². The van der Waals surface area contributed by atoms with Gasteiger partial charge >= 0.3 is 6.03 Å². The van der Waals surface area contributed by atoms with Gasteiger partial charge in [-0.1, -0.05) is 28.1 Å². The molecule has 0 bridgehead atoms. The highest BCUT2D eigenvalue weighted by Gasteiger charge is 2.45. The summed E-state index contributed by atoms with van der Waals surface area (Å²) in [5.74, 6) is -0.269. The van der Waals surface area contributed by atoms with E-state index >= 15 is 0 Å². The van der Waals surface area contributed by atoms with Crippen molar-refractivity contribution in [3.8, 4) is 0 Å². The Hall–Kier alpha value is -1.73. The lowest BCUT2D eigenvalue weighted by Crippen LogP contribution is -2.31. The molecule has 3 amide bonds. The third-order valence-corrected chi connectivity index (χ3v) is 4.73. The van der Waals surface area contributed by atoms with Crippen LogP contribution in [0.25, 0.3) is 0 Å². The summed E-state index contributed by atoms with van der Waals surface area (Å²) in [6.45, 7) is 1.83. The van der Waals surface area contributed by atoms with Gasteiger partial charge in [-0.3, -0.25) is 4.79 Å². The maximum atomic E-state index is 12.7. The second-order valence-corrected chi connectivity index (χ2v) is 6.55. The van der Waals surface area contributed by atoms with Crippen LogP contribution in [-0.4, -0.2) is 28.9 Å². The van der Waals surface area contributed by atoms with Gasteiger partial charge < -0.3 is 4.90 Å². The molecule has 3 rings (SSSR count). The van der Waals surface area contributed by atoms with Crippen LogP contribution < -0.4 is 4.90 Å². The maximum Gasteiger partial charge on any atom is 0.334 e. The van der Waals surface area contributed by atoms with Gasteiger partial charge in [0, 0.05) is 16.9 Å². The Morgan fingerprint density at radius 2 is 2.10 bits per heavy atom. The van der Waals surface area contributed by atoms with E-state index in [1.165, 1.54) is 16.2 Å². The molecular formula is C14H12BrN3O2S. The zero-order chi connectivity index (χ0) is 15.1. The summed E-state index contributed by atoms with van der Waals surface area (Å²) in [6.07, 6.45) is 0. The van der Waals surface area contributed by atoms with Gasteiger partial charge in [0.1, 0.15) is 6.04 Å². The third kappa shape index (κ3) is 2.36. The van der Waals surface area contributed by atoms with Crippen LogP contribution in [0.4, 0.5) is 9.93 Å². The number of halogens is 1. The molecule has 1 aliphatic heterocycles. The van der Waals surface area contributed by atoms with Crippen molar-refractivity contribution in [1.29, 1.82) is 0 Å². The van der Waals surface area contributed by atoms with Crippen molar-refractivity contribution in [2.45, 2.75) is 13.0 Å².